The minimum Gasteiger partial charge on any atom is -0.481 e. The smallest absolute Gasteiger partial charge is 0.308 e. The van der Waals surface area contributed by atoms with Crippen molar-refractivity contribution in [3.8, 4) is 0 Å². The van der Waals surface area contributed by atoms with Crippen LogP contribution in [0.5, 0.6) is 0 Å². The third-order valence-corrected chi connectivity index (χ3v) is 2.76. The number of rotatable bonds is 7. The molecule has 0 aliphatic carbocycles. The molecule has 0 aliphatic heterocycles. The first-order chi connectivity index (χ1) is 7.40. The molecule has 2 unspecified atom stereocenters. The number of nitrogens with zero attached hydrogens (tertiary/aromatic N) is 1. The Labute approximate surface area is 97.6 Å². The van der Waals surface area contributed by atoms with Crippen molar-refractivity contribution in [2.75, 3.05) is 13.6 Å². The van der Waals surface area contributed by atoms with Crippen LogP contribution in [0.3, 0.4) is 0 Å². The van der Waals surface area contributed by atoms with Gasteiger partial charge in [-0.1, -0.05) is 33.6 Å². The fourth-order valence-electron chi connectivity index (χ4n) is 1.59. The van der Waals surface area contributed by atoms with E-state index < -0.39 is 11.9 Å². The van der Waals surface area contributed by atoms with Crippen LogP contribution in [0.4, 0.5) is 0 Å². The Hall–Kier alpha value is -1.06. The monoisotopic (exact) mass is 229 g/mol. The molecule has 4 nitrogen and oxygen atoms in total. The average Bonchev–Trinajstić information content (AvgIpc) is 2.24. The summed E-state index contributed by atoms with van der Waals surface area (Å²) in [6.07, 6.45) is 2.99. The van der Waals surface area contributed by atoms with Gasteiger partial charge < -0.3 is 10.0 Å². The summed E-state index contributed by atoms with van der Waals surface area (Å²) < 4.78 is 0. The first kappa shape index (κ1) is 14.9. The molecule has 2 atom stereocenters. The van der Waals surface area contributed by atoms with Crippen molar-refractivity contribution in [2.45, 2.75) is 40.0 Å². The zero-order valence-electron chi connectivity index (χ0n) is 10.7. The quantitative estimate of drug-likeness (QED) is 0.726. The lowest BCUT2D eigenvalue weighted by Crippen LogP contribution is -2.36. The molecule has 0 aromatic carbocycles. The van der Waals surface area contributed by atoms with E-state index in [1.807, 2.05) is 6.92 Å². The highest BCUT2D eigenvalue weighted by molar-refractivity contribution is 5.79. The van der Waals surface area contributed by atoms with Crippen LogP contribution in [0.25, 0.3) is 0 Å². The largest absolute Gasteiger partial charge is 0.481 e. The highest BCUT2D eigenvalue weighted by Crippen LogP contribution is 2.11. The predicted molar refractivity (Wildman–Crippen MR) is 63.1 cm³/mol. The second kappa shape index (κ2) is 7.25. The maximum Gasteiger partial charge on any atom is 0.308 e. The molecular weight excluding hydrogens is 206 g/mol. The summed E-state index contributed by atoms with van der Waals surface area (Å²) in [4.78, 5) is 24.0. The molecule has 0 saturated heterocycles. The molecule has 16 heavy (non-hydrogen) atoms. The van der Waals surface area contributed by atoms with Crippen LogP contribution in [-0.2, 0) is 9.59 Å². The summed E-state index contributed by atoms with van der Waals surface area (Å²) in [6.45, 7) is 5.89. The molecule has 0 spiro atoms. The number of carboxylic acids is 1. The van der Waals surface area contributed by atoms with Crippen molar-refractivity contribution >= 4 is 11.9 Å². The van der Waals surface area contributed by atoms with Gasteiger partial charge in [0.2, 0.25) is 5.91 Å². The summed E-state index contributed by atoms with van der Waals surface area (Å²) in [6, 6.07) is 0. The zero-order valence-corrected chi connectivity index (χ0v) is 10.7. The van der Waals surface area contributed by atoms with E-state index in [-0.39, 0.29) is 18.4 Å². The molecular formula is C12H23NO3. The number of carboxylic acid groups (broad SMARTS) is 1. The summed E-state index contributed by atoms with van der Waals surface area (Å²) in [5.74, 6) is -1.33. The van der Waals surface area contributed by atoms with Crippen molar-refractivity contribution in [1.29, 1.82) is 0 Å². The van der Waals surface area contributed by atoms with Crippen molar-refractivity contribution in [2.24, 2.45) is 11.8 Å². The fourth-order valence-corrected chi connectivity index (χ4v) is 1.59. The second-order valence-corrected chi connectivity index (χ2v) is 4.50. The fraction of sp³-hybridized carbons (Fsp3) is 0.833. The van der Waals surface area contributed by atoms with Gasteiger partial charge in [-0.05, 0) is 6.42 Å². The van der Waals surface area contributed by atoms with Gasteiger partial charge in [0.1, 0.15) is 0 Å². The van der Waals surface area contributed by atoms with Crippen molar-refractivity contribution < 1.29 is 14.7 Å². The van der Waals surface area contributed by atoms with Crippen molar-refractivity contribution in [3.05, 3.63) is 0 Å². The van der Waals surface area contributed by atoms with E-state index in [2.05, 4.69) is 6.92 Å². The molecule has 0 rings (SSSR count). The van der Waals surface area contributed by atoms with Crippen LogP contribution in [0.15, 0.2) is 0 Å². The molecule has 1 N–H and O–H groups in total. The Morgan fingerprint density at radius 3 is 2.25 bits per heavy atom. The third kappa shape index (κ3) is 5.14. The van der Waals surface area contributed by atoms with E-state index in [1.165, 1.54) is 4.90 Å². The van der Waals surface area contributed by atoms with E-state index in [0.717, 1.165) is 19.3 Å². The summed E-state index contributed by atoms with van der Waals surface area (Å²) >= 11 is 0. The average molecular weight is 229 g/mol. The Bertz CT molecular complexity index is 240. The SMILES string of the molecule is CCCCC(C)C(=O)N(C)CC(C)C(=O)O. The first-order valence-electron chi connectivity index (χ1n) is 5.87. The summed E-state index contributed by atoms with van der Waals surface area (Å²) in [5.41, 5.74) is 0. The maximum atomic E-state index is 11.8. The van der Waals surface area contributed by atoms with Gasteiger partial charge in [-0.2, -0.15) is 0 Å². The number of amides is 1. The van der Waals surface area contributed by atoms with Gasteiger partial charge in [0.05, 0.1) is 5.92 Å². The van der Waals surface area contributed by atoms with Gasteiger partial charge in [0, 0.05) is 19.5 Å². The Morgan fingerprint density at radius 1 is 1.25 bits per heavy atom. The molecule has 0 aromatic rings. The number of hydrogen-bond donors (Lipinski definition) is 1. The number of carbonyl (C=O) groups is 2. The lowest BCUT2D eigenvalue weighted by molar-refractivity contribution is -0.143. The van der Waals surface area contributed by atoms with E-state index in [0.29, 0.717) is 0 Å². The molecule has 0 bridgehead atoms. The molecule has 1 amide bonds. The highest BCUT2D eigenvalue weighted by Gasteiger charge is 2.21. The van der Waals surface area contributed by atoms with Gasteiger partial charge in [-0.25, -0.2) is 0 Å². The second-order valence-electron chi connectivity index (χ2n) is 4.50. The summed E-state index contributed by atoms with van der Waals surface area (Å²) in [5, 5.41) is 8.75. The van der Waals surface area contributed by atoms with Gasteiger partial charge in [-0.15, -0.1) is 0 Å². The molecule has 0 aromatic heterocycles. The highest BCUT2D eigenvalue weighted by atomic mass is 16.4. The Morgan fingerprint density at radius 2 is 1.81 bits per heavy atom. The van der Waals surface area contributed by atoms with Crippen LogP contribution >= 0.6 is 0 Å². The lowest BCUT2D eigenvalue weighted by atomic mass is 10.0. The van der Waals surface area contributed by atoms with Crippen LogP contribution in [0.2, 0.25) is 0 Å². The van der Waals surface area contributed by atoms with Gasteiger partial charge in [0.15, 0.2) is 0 Å². The van der Waals surface area contributed by atoms with Crippen LogP contribution < -0.4 is 0 Å². The topological polar surface area (TPSA) is 57.6 Å². The van der Waals surface area contributed by atoms with E-state index in [9.17, 15) is 9.59 Å². The number of hydrogen-bond acceptors (Lipinski definition) is 2. The maximum absolute atomic E-state index is 11.8. The van der Waals surface area contributed by atoms with Crippen LogP contribution in [0.1, 0.15) is 40.0 Å². The van der Waals surface area contributed by atoms with Gasteiger partial charge in [-0.3, -0.25) is 9.59 Å². The van der Waals surface area contributed by atoms with E-state index in [1.54, 1.807) is 14.0 Å². The van der Waals surface area contributed by atoms with Crippen molar-refractivity contribution in [3.63, 3.8) is 0 Å². The molecule has 0 saturated carbocycles. The summed E-state index contributed by atoms with van der Waals surface area (Å²) in [7, 11) is 1.67. The third-order valence-electron chi connectivity index (χ3n) is 2.76. The number of carbonyl (C=O) groups excluding carboxylic acids is 1. The van der Waals surface area contributed by atoms with E-state index >= 15 is 0 Å². The Balaban J connectivity index is 4.11. The normalized spacial score (nSPS) is 14.2. The zero-order chi connectivity index (χ0) is 12.7. The molecule has 0 radical (unpaired) electrons. The van der Waals surface area contributed by atoms with Crippen LogP contribution in [-0.4, -0.2) is 35.5 Å². The molecule has 0 fully saturated rings. The van der Waals surface area contributed by atoms with Gasteiger partial charge in [0.25, 0.3) is 0 Å². The predicted octanol–water partition coefficient (Wildman–Crippen LogP) is 1.99. The number of aliphatic carboxylic acids is 1. The van der Waals surface area contributed by atoms with E-state index in [4.69, 9.17) is 5.11 Å². The van der Waals surface area contributed by atoms with Gasteiger partial charge >= 0.3 is 5.97 Å². The van der Waals surface area contributed by atoms with Crippen LogP contribution in [0, 0.1) is 11.8 Å². The molecule has 4 heteroatoms. The molecule has 0 heterocycles. The first-order valence-corrected chi connectivity index (χ1v) is 5.87. The molecule has 94 valence electrons. The number of unbranched alkanes of at least 4 members (excludes halogenated alkanes) is 1. The standard InChI is InChI=1S/C12H23NO3/c1-5-6-7-9(2)11(14)13(4)8-10(3)12(15)16/h9-10H,5-8H2,1-4H3,(H,15,16). The van der Waals surface area contributed by atoms with Crippen molar-refractivity contribution in [1.82, 2.24) is 4.90 Å². The minimum absolute atomic E-state index is 0.00838. The minimum atomic E-state index is -0.860. The molecule has 0 aliphatic rings. The lowest BCUT2D eigenvalue weighted by Gasteiger charge is -2.23. The Kier molecular flexibility index (Phi) is 6.77.